The number of hydrogen-bond acceptors (Lipinski definition) is 4. The van der Waals surface area contributed by atoms with Crippen LogP contribution in [0.15, 0.2) is 69.6 Å². The standard InChI is InChI=1S/C24H21BrFN3O3/c1-15-23(16(2)29(28-15)13-17-6-5-7-18(26)12-17)27-24(30)22-11-10-19(32-22)14-31-21-9-4-3-8-20(21)25/h3-12H,13-14H2,1-2H3,(H,27,30). The van der Waals surface area contributed by atoms with Crippen molar-refractivity contribution in [3.8, 4) is 5.75 Å². The fourth-order valence-corrected chi connectivity index (χ4v) is 3.70. The molecule has 164 valence electrons. The summed E-state index contributed by atoms with van der Waals surface area (Å²) in [6.07, 6.45) is 0. The first-order valence-corrected chi connectivity index (χ1v) is 10.8. The summed E-state index contributed by atoms with van der Waals surface area (Å²) in [5.41, 5.74) is 2.82. The molecule has 2 heterocycles. The number of aryl methyl sites for hydroxylation is 1. The molecule has 0 bridgehead atoms. The van der Waals surface area contributed by atoms with Crippen LogP contribution in [0.3, 0.4) is 0 Å². The molecule has 6 nitrogen and oxygen atoms in total. The average Bonchev–Trinajstić information content (AvgIpc) is 3.34. The minimum Gasteiger partial charge on any atom is -0.484 e. The number of aromatic nitrogens is 2. The maximum atomic E-state index is 13.5. The number of hydrogen-bond donors (Lipinski definition) is 1. The Morgan fingerprint density at radius 3 is 2.75 bits per heavy atom. The van der Waals surface area contributed by atoms with Crippen LogP contribution < -0.4 is 10.1 Å². The molecular weight excluding hydrogens is 477 g/mol. The zero-order valence-electron chi connectivity index (χ0n) is 17.6. The zero-order chi connectivity index (χ0) is 22.7. The Morgan fingerprint density at radius 1 is 1.16 bits per heavy atom. The number of ether oxygens (including phenoxy) is 1. The number of nitrogens with zero attached hydrogens (tertiary/aromatic N) is 2. The minimum absolute atomic E-state index is 0.174. The topological polar surface area (TPSA) is 69.3 Å². The van der Waals surface area contributed by atoms with Crippen LogP contribution in [0.5, 0.6) is 5.75 Å². The van der Waals surface area contributed by atoms with Gasteiger partial charge >= 0.3 is 0 Å². The van der Waals surface area contributed by atoms with Crippen molar-refractivity contribution >= 4 is 27.5 Å². The van der Waals surface area contributed by atoms with Crippen molar-refractivity contribution in [1.82, 2.24) is 9.78 Å². The third-order valence-electron chi connectivity index (χ3n) is 4.93. The van der Waals surface area contributed by atoms with Gasteiger partial charge in [-0.05, 0) is 71.7 Å². The lowest BCUT2D eigenvalue weighted by molar-refractivity contribution is 0.0992. The Kier molecular flexibility index (Phi) is 6.41. The van der Waals surface area contributed by atoms with Gasteiger partial charge in [0.25, 0.3) is 5.91 Å². The zero-order valence-corrected chi connectivity index (χ0v) is 19.1. The van der Waals surface area contributed by atoms with Crippen molar-refractivity contribution in [2.24, 2.45) is 0 Å². The first-order chi connectivity index (χ1) is 15.4. The highest BCUT2D eigenvalue weighted by Crippen LogP contribution is 2.25. The number of benzene rings is 2. The maximum Gasteiger partial charge on any atom is 0.291 e. The number of halogens is 2. The van der Waals surface area contributed by atoms with Crippen molar-refractivity contribution in [3.05, 3.63) is 99.4 Å². The molecular formula is C24H21BrFN3O3. The van der Waals surface area contributed by atoms with Crippen molar-refractivity contribution in [2.45, 2.75) is 27.0 Å². The third kappa shape index (κ3) is 4.91. The molecule has 0 saturated carbocycles. The molecule has 4 rings (SSSR count). The summed E-state index contributed by atoms with van der Waals surface area (Å²) in [5.74, 6) is 0.712. The summed E-state index contributed by atoms with van der Waals surface area (Å²) in [7, 11) is 0. The van der Waals surface area contributed by atoms with Gasteiger partial charge in [-0.15, -0.1) is 0 Å². The summed E-state index contributed by atoms with van der Waals surface area (Å²) >= 11 is 3.43. The van der Waals surface area contributed by atoms with Crippen molar-refractivity contribution in [2.75, 3.05) is 5.32 Å². The second kappa shape index (κ2) is 9.40. The number of anilines is 1. The number of furan rings is 1. The molecule has 0 saturated heterocycles. The number of nitrogens with one attached hydrogen (secondary N) is 1. The highest BCUT2D eigenvalue weighted by Gasteiger charge is 2.18. The predicted molar refractivity (Wildman–Crippen MR) is 122 cm³/mol. The van der Waals surface area contributed by atoms with E-state index < -0.39 is 0 Å². The van der Waals surface area contributed by atoms with Gasteiger partial charge in [0.05, 0.1) is 28.1 Å². The average molecular weight is 498 g/mol. The molecule has 0 aliphatic heterocycles. The monoisotopic (exact) mass is 497 g/mol. The van der Waals surface area contributed by atoms with E-state index in [4.69, 9.17) is 9.15 Å². The van der Waals surface area contributed by atoms with Crippen molar-refractivity contribution in [3.63, 3.8) is 0 Å². The summed E-state index contributed by atoms with van der Waals surface area (Å²) in [6, 6.07) is 17.2. The van der Waals surface area contributed by atoms with Crippen molar-refractivity contribution in [1.29, 1.82) is 0 Å². The normalized spacial score (nSPS) is 10.9. The second-order valence-corrected chi connectivity index (χ2v) is 8.13. The molecule has 0 aliphatic carbocycles. The quantitative estimate of drug-likeness (QED) is 0.346. The third-order valence-corrected chi connectivity index (χ3v) is 5.59. The fraction of sp³-hybridized carbons (Fsp3) is 0.167. The smallest absolute Gasteiger partial charge is 0.291 e. The Hall–Kier alpha value is -3.39. The molecule has 0 aliphatic rings. The molecule has 2 aromatic carbocycles. The molecule has 1 amide bonds. The highest BCUT2D eigenvalue weighted by atomic mass is 79.9. The minimum atomic E-state index is -0.381. The molecule has 0 spiro atoms. The largest absolute Gasteiger partial charge is 0.484 e. The van der Waals surface area contributed by atoms with Gasteiger partial charge in [0, 0.05) is 0 Å². The van der Waals surface area contributed by atoms with Gasteiger partial charge in [0.15, 0.2) is 5.76 Å². The van der Waals surface area contributed by atoms with Gasteiger partial charge in [0.2, 0.25) is 0 Å². The molecule has 32 heavy (non-hydrogen) atoms. The number of carbonyl (C=O) groups is 1. The molecule has 2 aromatic heterocycles. The second-order valence-electron chi connectivity index (χ2n) is 7.27. The highest BCUT2D eigenvalue weighted by molar-refractivity contribution is 9.10. The van der Waals surface area contributed by atoms with E-state index in [1.54, 1.807) is 22.9 Å². The Labute approximate surface area is 193 Å². The van der Waals surface area contributed by atoms with Crippen LogP contribution >= 0.6 is 15.9 Å². The van der Waals surface area contributed by atoms with Crippen LogP contribution in [0.1, 0.15) is 33.3 Å². The molecule has 0 unspecified atom stereocenters. The van der Waals surface area contributed by atoms with Gasteiger partial charge in [-0.25, -0.2) is 4.39 Å². The fourth-order valence-electron chi connectivity index (χ4n) is 3.30. The van der Waals surface area contributed by atoms with Gasteiger partial charge in [0.1, 0.15) is 23.9 Å². The first-order valence-electron chi connectivity index (χ1n) is 9.96. The SMILES string of the molecule is Cc1nn(Cc2cccc(F)c2)c(C)c1NC(=O)c1ccc(COc2ccccc2Br)o1. The van der Waals surface area contributed by atoms with E-state index in [1.807, 2.05) is 44.2 Å². The van der Waals surface area contributed by atoms with E-state index in [2.05, 4.69) is 26.3 Å². The number of amides is 1. The van der Waals surface area contributed by atoms with E-state index in [9.17, 15) is 9.18 Å². The van der Waals surface area contributed by atoms with Gasteiger partial charge in [-0.3, -0.25) is 9.48 Å². The maximum absolute atomic E-state index is 13.5. The lowest BCUT2D eigenvalue weighted by atomic mass is 10.2. The molecule has 1 N–H and O–H groups in total. The van der Waals surface area contributed by atoms with E-state index in [1.165, 1.54) is 12.1 Å². The Bertz CT molecular complexity index is 1270. The van der Waals surface area contributed by atoms with Crippen LogP contribution in [0.25, 0.3) is 0 Å². The Balaban J connectivity index is 1.43. The number of rotatable bonds is 7. The molecule has 8 heteroatoms. The first kappa shape index (κ1) is 21.8. The number of carbonyl (C=O) groups excluding carboxylic acids is 1. The summed E-state index contributed by atoms with van der Waals surface area (Å²) in [4.78, 5) is 12.7. The lowest BCUT2D eigenvalue weighted by Crippen LogP contribution is -2.12. The Morgan fingerprint density at radius 2 is 1.97 bits per heavy atom. The lowest BCUT2D eigenvalue weighted by Gasteiger charge is -2.07. The van der Waals surface area contributed by atoms with Crippen LogP contribution in [0.2, 0.25) is 0 Å². The summed E-state index contributed by atoms with van der Waals surface area (Å²) in [6.45, 7) is 4.26. The van der Waals surface area contributed by atoms with Crippen LogP contribution in [0, 0.1) is 19.7 Å². The molecule has 0 radical (unpaired) electrons. The van der Waals surface area contributed by atoms with Gasteiger partial charge < -0.3 is 14.5 Å². The molecule has 0 atom stereocenters. The summed E-state index contributed by atoms with van der Waals surface area (Å²) < 4.78 is 27.4. The van der Waals surface area contributed by atoms with E-state index in [0.29, 0.717) is 29.4 Å². The van der Waals surface area contributed by atoms with E-state index in [-0.39, 0.29) is 24.1 Å². The summed E-state index contributed by atoms with van der Waals surface area (Å²) in [5, 5.41) is 7.35. The predicted octanol–water partition coefficient (Wildman–Crippen LogP) is 5.87. The van der Waals surface area contributed by atoms with Gasteiger partial charge in [-0.1, -0.05) is 24.3 Å². The number of para-hydroxylation sites is 1. The van der Waals surface area contributed by atoms with Crippen LogP contribution in [-0.2, 0) is 13.2 Å². The molecule has 4 aromatic rings. The molecule has 0 fully saturated rings. The van der Waals surface area contributed by atoms with E-state index >= 15 is 0 Å². The van der Waals surface area contributed by atoms with E-state index in [0.717, 1.165) is 15.7 Å². The van der Waals surface area contributed by atoms with Crippen molar-refractivity contribution < 1.29 is 18.3 Å². The van der Waals surface area contributed by atoms with Crippen LogP contribution in [0.4, 0.5) is 10.1 Å². The van der Waals surface area contributed by atoms with Gasteiger partial charge in [-0.2, -0.15) is 5.10 Å². The van der Waals surface area contributed by atoms with Crippen LogP contribution in [-0.4, -0.2) is 15.7 Å².